The third-order valence-corrected chi connectivity index (χ3v) is 5.65. The number of anilines is 1. The van der Waals surface area contributed by atoms with Crippen LogP contribution in [0.3, 0.4) is 0 Å². The molecule has 19 heavy (non-hydrogen) atoms. The van der Waals surface area contributed by atoms with Gasteiger partial charge in [0.25, 0.3) is 0 Å². The monoisotopic (exact) mass is 287 g/mol. The van der Waals surface area contributed by atoms with Crippen molar-refractivity contribution in [2.24, 2.45) is 5.41 Å². The summed E-state index contributed by atoms with van der Waals surface area (Å²) in [6.07, 6.45) is 0.382. The summed E-state index contributed by atoms with van der Waals surface area (Å²) < 4.78 is 39.1. The number of benzene rings is 1. The van der Waals surface area contributed by atoms with Gasteiger partial charge in [0.15, 0.2) is 0 Å². The second-order valence-electron chi connectivity index (χ2n) is 5.53. The third-order valence-electron chi connectivity index (χ3n) is 4.16. The zero-order chi connectivity index (χ0) is 13.5. The van der Waals surface area contributed by atoms with E-state index >= 15 is 0 Å². The molecule has 2 aliphatic rings. The summed E-state index contributed by atoms with van der Waals surface area (Å²) in [5.41, 5.74) is 0.327. The molecule has 1 aliphatic carbocycles. The van der Waals surface area contributed by atoms with Gasteiger partial charge in [-0.1, -0.05) is 18.9 Å². The van der Waals surface area contributed by atoms with Crippen LogP contribution in [0.1, 0.15) is 31.2 Å². The van der Waals surface area contributed by atoms with Gasteiger partial charge in [-0.25, -0.2) is 0 Å². The summed E-state index contributed by atoms with van der Waals surface area (Å²) in [6.45, 7) is 0.800. The molecule has 104 valence electrons. The first kappa shape index (κ1) is 13.2. The molecule has 1 aromatic rings. The summed E-state index contributed by atoms with van der Waals surface area (Å²) in [5, 5.41) is 3.25. The molecule has 1 heterocycles. The van der Waals surface area contributed by atoms with Crippen LogP contribution in [-0.2, 0) is 6.18 Å². The minimum absolute atomic E-state index is 0.187. The highest BCUT2D eigenvalue weighted by Crippen LogP contribution is 2.49. The van der Waals surface area contributed by atoms with E-state index < -0.39 is 11.7 Å². The van der Waals surface area contributed by atoms with Gasteiger partial charge in [0.2, 0.25) is 0 Å². The van der Waals surface area contributed by atoms with Crippen LogP contribution in [0.25, 0.3) is 0 Å². The molecule has 0 radical (unpaired) electrons. The molecular formula is C14H16F3NS. The molecule has 1 fully saturated rings. The Hall–Kier alpha value is -0.840. The molecule has 5 heteroatoms. The molecule has 1 nitrogen and oxygen atoms in total. The van der Waals surface area contributed by atoms with Gasteiger partial charge in [-0.3, -0.25) is 0 Å². The van der Waals surface area contributed by atoms with Gasteiger partial charge in [-0.05, 0) is 30.4 Å². The van der Waals surface area contributed by atoms with E-state index in [2.05, 4.69) is 5.32 Å². The van der Waals surface area contributed by atoms with Crippen LogP contribution >= 0.6 is 11.8 Å². The Labute approximate surface area is 115 Å². The number of thioether (sulfide) groups is 1. The van der Waals surface area contributed by atoms with E-state index in [4.69, 9.17) is 0 Å². The van der Waals surface area contributed by atoms with E-state index in [0.717, 1.165) is 25.1 Å². The lowest BCUT2D eigenvalue weighted by molar-refractivity contribution is -0.139. The predicted octanol–water partition coefficient (Wildman–Crippen LogP) is 4.78. The number of halogens is 3. The Kier molecular flexibility index (Phi) is 3.20. The number of hydrogen-bond donors (Lipinski definition) is 1. The van der Waals surface area contributed by atoms with Crippen LogP contribution in [-0.4, -0.2) is 12.3 Å². The van der Waals surface area contributed by atoms with E-state index in [9.17, 15) is 13.2 Å². The average Bonchev–Trinajstić information content (AvgIpc) is 2.73. The van der Waals surface area contributed by atoms with Gasteiger partial charge in [0.05, 0.1) is 5.56 Å². The highest BCUT2D eigenvalue weighted by Gasteiger charge is 2.39. The first-order valence-electron chi connectivity index (χ1n) is 6.57. The van der Waals surface area contributed by atoms with Crippen LogP contribution < -0.4 is 5.32 Å². The SMILES string of the molecule is FC(F)(F)c1cccc2c1SCC1(CCCC1)CN2. The number of hydrogen-bond acceptors (Lipinski definition) is 2. The van der Waals surface area contributed by atoms with Crippen LogP contribution in [0.5, 0.6) is 0 Å². The van der Waals surface area contributed by atoms with E-state index in [0.29, 0.717) is 10.6 Å². The maximum absolute atomic E-state index is 13.0. The third kappa shape index (κ3) is 2.45. The number of nitrogens with one attached hydrogen (secondary N) is 1. The minimum atomic E-state index is -4.27. The fraction of sp³-hybridized carbons (Fsp3) is 0.571. The molecule has 0 unspecified atom stereocenters. The molecule has 1 spiro atoms. The lowest BCUT2D eigenvalue weighted by Gasteiger charge is -2.26. The van der Waals surface area contributed by atoms with Gasteiger partial charge >= 0.3 is 6.18 Å². The second kappa shape index (κ2) is 4.62. The maximum atomic E-state index is 13.0. The minimum Gasteiger partial charge on any atom is -0.384 e. The van der Waals surface area contributed by atoms with Gasteiger partial charge < -0.3 is 5.32 Å². The fourth-order valence-electron chi connectivity index (χ4n) is 3.06. The van der Waals surface area contributed by atoms with Crippen LogP contribution in [0.15, 0.2) is 23.1 Å². The molecule has 3 rings (SSSR count). The normalized spacial score (nSPS) is 21.8. The molecule has 0 aromatic heterocycles. The summed E-state index contributed by atoms with van der Waals surface area (Å²) in [7, 11) is 0. The molecule has 1 saturated carbocycles. The number of fused-ring (bicyclic) bond motifs is 1. The lowest BCUT2D eigenvalue weighted by Crippen LogP contribution is -2.27. The molecule has 1 aromatic carbocycles. The van der Waals surface area contributed by atoms with Crippen molar-refractivity contribution in [3.05, 3.63) is 23.8 Å². The van der Waals surface area contributed by atoms with Crippen molar-refractivity contribution >= 4 is 17.4 Å². The van der Waals surface area contributed by atoms with Gasteiger partial charge in [-0.15, -0.1) is 11.8 Å². The Balaban J connectivity index is 1.94. The van der Waals surface area contributed by atoms with Crippen molar-refractivity contribution in [1.29, 1.82) is 0 Å². The van der Waals surface area contributed by atoms with Crippen LogP contribution in [0.2, 0.25) is 0 Å². The summed E-state index contributed by atoms with van der Waals surface area (Å²) in [5.74, 6) is 0.792. The van der Waals surface area contributed by atoms with Crippen molar-refractivity contribution in [3.8, 4) is 0 Å². The summed E-state index contributed by atoms with van der Waals surface area (Å²) >= 11 is 1.38. The predicted molar refractivity (Wildman–Crippen MR) is 71.6 cm³/mol. The molecule has 0 atom stereocenters. The zero-order valence-corrected chi connectivity index (χ0v) is 11.3. The number of rotatable bonds is 0. The van der Waals surface area contributed by atoms with Crippen molar-refractivity contribution in [2.45, 2.75) is 36.8 Å². The molecule has 0 bridgehead atoms. The Morgan fingerprint density at radius 1 is 1.16 bits per heavy atom. The van der Waals surface area contributed by atoms with E-state index in [-0.39, 0.29) is 5.41 Å². The second-order valence-corrected chi connectivity index (χ2v) is 6.51. The quantitative estimate of drug-likeness (QED) is 0.736. The van der Waals surface area contributed by atoms with Crippen LogP contribution in [0, 0.1) is 5.41 Å². The number of alkyl halides is 3. The largest absolute Gasteiger partial charge is 0.417 e. The topological polar surface area (TPSA) is 12.0 Å². The van der Waals surface area contributed by atoms with Gasteiger partial charge in [0.1, 0.15) is 0 Å². The van der Waals surface area contributed by atoms with Crippen molar-refractivity contribution in [3.63, 3.8) is 0 Å². The Morgan fingerprint density at radius 3 is 2.58 bits per heavy atom. The molecule has 0 amide bonds. The molecular weight excluding hydrogens is 271 g/mol. The van der Waals surface area contributed by atoms with Crippen molar-refractivity contribution in [1.82, 2.24) is 0 Å². The van der Waals surface area contributed by atoms with Gasteiger partial charge in [0, 0.05) is 22.9 Å². The Bertz CT molecular complexity index is 478. The molecule has 1 N–H and O–H groups in total. The maximum Gasteiger partial charge on any atom is 0.417 e. The van der Waals surface area contributed by atoms with Crippen molar-refractivity contribution in [2.75, 3.05) is 17.6 Å². The standard InChI is InChI=1S/C14H16F3NS/c15-14(16,17)10-4-3-5-11-12(10)19-9-13(8-18-11)6-1-2-7-13/h3-5,18H,1-2,6-9H2. The molecule has 1 aliphatic heterocycles. The van der Waals surface area contributed by atoms with E-state index in [1.54, 1.807) is 6.07 Å². The summed E-state index contributed by atoms with van der Waals surface area (Å²) in [4.78, 5) is 0.374. The smallest absolute Gasteiger partial charge is 0.384 e. The Morgan fingerprint density at radius 2 is 1.89 bits per heavy atom. The highest BCUT2D eigenvalue weighted by atomic mass is 32.2. The van der Waals surface area contributed by atoms with Gasteiger partial charge in [-0.2, -0.15) is 13.2 Å². The highest BCUT2D eigenvalue weighted by molar-refractivity contribution is 7.99. The van der Waals surface area contributed by atoms with E-state index in [1.165, 1.54) is 36.7 Å². The molecule has 0 saturated heterocycles. The van der Waals surface area contributed by atoms with Crippen LogP contribution in [0.4, 0.5) is 18.9 Å². The van der Waals surface area contributed by atoms with Crippen molar-refractivity contribution < 1.29 is 13.2 Å². The summed E-state index contributed by atoms with van der Waals surface area (Å²) in [6, 6.07) is 4.42. The first-order chi connectivity index (χ1) is 9.00. The average molecular weight is 287 g/mol. The lowest BCUT2D eigenvalue weighted by atomic mass is 9.88. The first-order valence-corrected chi connectivity index (χ1v) is 7.56. The fourth-order valence-corrected chi connectivity index (χ4v) is 4.54. The zero-order valence-electron chi connectivity index (χ0n) is 10.5. The van der Waals surface area contributed by atoms with E-state index in [1.807, 2.05) is 0 Å².